The number of carbonyl (C=O) groups excluding carboxylic acids is 3. The first-order valence-corrected chi connectivity index (χ1v) is 16.0. The molecule has 6 atom stereocenters. The zero-order chi connectivity index (χ0) is 34.4. The zero-order valence-corrected chi connectivity index (χ0v) is 29.2. The molecular formula is C36H58N4O5. The highest BCUT2D eigenvalue weighted by Gasteiger charge is 2.32. The Morgan fingerprint density at radius 3 is 2.38 bits per heavy atom. The molecule has 2 bridgehead atoms. The van der Waals surface area contributed by atoms with Gasteiger partial charge < -0.3 is 31.1 Å². The lowest BCUT2D eigenvalue weighted by molar-refractivity contribution is -0.120. The SMILES string of the molecule is C=C(N)OC1/C(C)=C/[C@H](C)[C@@H](C)C(C)C[C@H](C)CC2=C(NCCN(C)C)C(=O)C=C(NC(=O)/C(C)=C/C=C\C1CC)C2=O.CO. The number of hydrogen-bond acceptors (Lipinski definition) is 8. The number of Topliss-reactive ketones (excluding diaryl/α,β-unsaturated/α-hetero) is 1. The van der Waals surface area contributed by atoms with Gasteiger partial charge in [0.25, 0.3) is 5.91 Å². The molecule has 1 amide bonds. The van der Waals surface area contributed by atoms with Crippen LogP contribution in [0.3, 0.4) is 0 Å². The maximum atomic E-state index is 13.7. The summed E-state index contributed by atoms with van der Waals surface area (Å²) in [6.45, 7) is 19.7. The van der Waals surface area contributed by atoms with Gasteiger partial charge in [0, 0.05) is 43.3 Å². The normalized spacial score (nSPS) is 30.1. The average Bonchev–Trinajstić information content (AvgIpc) is 2.97. The molecule has 1 heterocycles. The van der Waals surface area contributed by atoms with Gasteiger partial charge in [-0.25, -0.2) is 0 Å². The van der Waals surface area contributed by atoms with E-state index in [2.05, 4.69) is 64.8 Å². The van der Waals surface area contributed by atoms with Crippen LogP contribution in [0.15, 0.2) is 71.0 Å². The molecular weight excluding hydrogens is 568 g/mol. The van der Waals surface area contributed by atoms with E-state index in [1.54, 1.807) is 13.0 Å². The summed E-state index contributed by atoms with van der Waals surface area (Å²) >= 11 is 0. The highest BCUT2D eigenvalue weighted by Crippen LogP contribution is 2.33. The first-order chi connectivity index (χ1) is 21.2. The first kappa shape index (κ1) is 39.6. The predicted octanol–water partition coefficient (Wildman–Crippen LogP) is 4.78. The number of rotatable bonds is 7. The van der Waals surface area contributed by atoms with Gasteiger partial charge in [-0.15, -0.1) is 0 Å². The molecule has 3 unspecified atom stereocenters. The van der Waals surface area contributed by atoms with Crippen molar-refractivity contribution < 1.29 is 24.2 Å². The van der Waals surface area contributed by atoms with Gasteiger partial charge in [-0.2, -0.15) is 0 Å². The van der Waals surface area contributed by atoms with E-state index in [4.69, 9.17) is 15.6 Å². The molecule has 0 saturated carbocycles. The monoisotopic (exact) mass is 626 g/mol. The molecule has 9 heteroatoms. The van der Waals surface area contributed by atoms with Gasteiger partial charge >= 0.3 is 0 Å². The number of fused-ring (bicyclic) bond motifs is 2. The number of ether oxygens (including phenoxy) is 1. The van der Waals surface area contributed by atoms with Crippen molar-refractivity contribution in [2.45, 2.75) is 73.8 Å². The smallest absolute Gasteiger partial charge is 0.251 e. The van der Waals surface area contributed by atoms with Gasteiger partial charge in [0.1, 0.15) is 6.10 Å². The number of allylic oxidation sites excluding steroid dienone is 5. The Labute approximate surface area is 271 Å². The van der Waals surface area contributed by atoms with Gasteiger partial charge in [-0.1, -0.05) is 58.9 Å². The van der Waals surface area contributed by atoms with Crippen LogP contribution in [0.1, 0.15) is 67.7 Å². The fraction of sp³-hybridized carbons (Fsp3) is 0.583. The van der Waals surface area contributed by atoms with E-state index in [1.165, 1.54) is 6.08 Å². The third kappa shape index (κ3) is 12.1. The summed E-state index contributed by atoms with van der Waals surface area (Å²) < 4.78 is 6.03. The van der Waals surface area contributed by atoms with Crippen molar-refractivity contribution in [2.24, 2.45) is 35.3 Å². The molecule has 252 valence electrons. The molecule has 0 saturated heterocycles. The van der Waals surface area contributed by atoms with Crippen LogP contribution < -0.4 is 16.4 Å². The highest BCUT2D eigenvalue weighted by molar-refractivity contribution is 6.23. The molecule has 0 spiro atoms. The fourth-order valence-electron chi connectivity index (χ4n) is 5.81. The summed E-state index contributed by atoms with van der Waals surface area (Å²) in [5.74, 6) is 0.229. The standard InChI is InChI=1S/C35H54N4O4.CH4O/c1-11-28-14-12-13-22(3)35(42)38-30-20-31(40)32(37-15-16-39(9)10)29(33(30)41)18-21(2)17-23(4)26(7)24(5)19-25(6)34(28)43-27(8)36;1-2/h12-14,19-21,23-24,26,28,34,37H,8,11,15-18,36H2,1-7,9-10H3,(H,38,42);2H,1H3/b14-12-,22-13+,25-19+;/t21-,23?,24-,26-,28?,34?;/m0./s1. The van der Waals surface area contributed by atoms with Gasteiger partial charge in [-0.05, 0) is 83.0 Å². The van der Waals surface area contributed by atoms with Crippen molar-refractivity contribution >= 4 is 17.5 Å². The lowest BCUT2D eigenvalue weighted by Gasteiger charge is -2.30. The Morgan fingerprint density at radius 2 is 1.80 bits per heavy atom. The van der Waals surface area contributed by atoms with Crippen molar-refractivity contribution in [1.82, 2.24) is 15.5 Å². The van der Waals surface area contributed by atoms with Gasteiger partial charge in [0.05, 0.1) is 11.4 Å². The molecule has 0 aromatic carbocycles. The maximum Gasteiger partial charge on any atom is 0.251 e. The summed E-state index contributed by atoms with van der Waals surface area (Å²) in [4.78, 5) is 42.1. The van der Waals surface area contributed by atoms with Crippen molar-refractivity contribution in [2.75, 3.05) is 34.3 Å². The van der Waals surface area contributed by atoms with Crippen LogP contribution >= 0.6 is 0 Å². The lowest BCUT2D eigenvalue weighted by atomic mass is 9.77. The van der Waals surface area contributed by atoms with E-state index < -0.39 is 5.91 Å². The number of aliphatic hydroxyl groups is 1. The molecule has 0 fully saturated rings. The second-order valence-electron chi connectivity index (χ2n) is 12.8. The number of nitrogens with two attached hydrogens (primary N) is 1. The Balaban J connectivity index is 0.00000496. The van der Waals surface area contributed by atoms with Crippen LogP contribution in [0.25, 0.3) is 0 Å². The Hall–Kier alpha value is -3.43. The van der Waals surface area contributed by atoms with Crippen molar-refractivity contribution in [1.29, 1.82) is 0 Å². The molecule has 2 rings (SSSR count). The minimum Gasteiger partial charge on any atom is -0.472 e. The van der Waals surface area contributed by atoms with E-state index in [0.29, 0.717) is 48.2 Å². The van der Waals surface area contributed by atoms with E-state index in [9.17, 15) is 14.4 Å². The number of nitrogens with one attached hydrogen (secondary N) is 2. The second-order valence-corrected chi connectivity index (χ2v) is 12.8. The number of aliphatic hydroxyl groups excluding tert-OH is 1. The molecule has 1 aliphatic carbocycles. The molecule has 2 aliphatic rings. The summed E-state index contributed by atoms with van der Waals surface area (Å²) in [6.07, 6.45) is 10.9. The number of ketones is 2. The summed E-state index contributed by atoms with van der Waals surface area (Å²) in [7, 11) is 4.91. The second kappa shape index (κ2) is 19.2. The number of hydrogen-bond donors (Lipinski definition) is 4. The highest BCUT2D eigenvalue weighted by atomic mass is 16.5. The quantitative estimate of drug-likeness (QED) is 0.180. The number of carbonyl (C=O) groups is 3. The summed E-state index contributed by atoms with van der Waals surface area (Å²) in [5, 5.41) is 12.9. The molecule has 0 radical (unpaired) electrons. The third-order valence-corrected chi connectivity index (χ3v) is 8.68. The lowest BCUT2D eigenvalue weighted by Crippen LogP contribution is -2.37. The molecule has 1 aliphatic heterocycles. The minimum atomic E-state index is -0.435. The van der Waals surface area contributed by atoms with Crippen LogP contribution in [-0.4, -0.2) is 67.9 Å². The molecule has 45 heavy (non-hydrogen) atoms. The van der Waals surface area contributed by atoms with E-state index >= 15 is 0 Å². The minimum absolute atomic E-state index is 0.00272. The van der Waals surface area contributed by atoms with Crippen LogP contribution in [0, 0.1) is 29.6 Å². The summed E-state index contributed by atoms with van der Waals surface area (Å²) in [5.41, 5.74) is 8.18. The molecule has 5 N–H and O–H groups in total. The zero-order valence-electron chi connectivity index (χ0n) is 29.2. The van der Waals surface area contributed by atoms with Crippen molar-refractivity contribution in [3.05, 3.63) is 71.0 Å². The molecule has 0 aromatic heterocycles. The molecule has 9 nitrogen and oxygen atoms in total. The van der Waals surface area contributed by atoms with E-state index in [1.807, 2.05) is 31.1 Å². The Morgan fingerprint density at radius 1 is 1.16 bits per heavy atom. The van der Waals surface area contributed by atoms with Crippen LogP contribution in [0.2, 0.25) is 0 Å². The van der Waals surface area contributed by atoms with Crippen LogP contribution in [-0.2, 0) is 19.1 Å². The van der Waals surface area contributed by atoms with Gasteiger partial charge in [0.15, 0.2) is 5.88 Å². The van der Waals surface area contributed by atoms with Crippen LogP contribution in [0.5, 0.6) is 0 Å². The maximum absolute atomic E-state index is 13.7. The number of likely N-dealkylation sites (N-methyl/N-ethyl adjacent to an activating group) is 1. The fourth-order valence-corrected chi connectivity index (χ4v) is 5.81. The topological polar surface area (TPSA) is 134 Å². The van der Waals surface area contributed by atoms with Crippen LogP contribution in [0.4, 0.5) is 0 Å². The average molecular weight is 627 g/mol. The number of nitrogens with zero attached hydrogens (tertiary/aromatic N) is 1. The molecule has 0 aromatic rings. The van der Waals surface area contributed by atoms with Crippen molar-refractivity contribution in [3.63, 3.8) is 0 Å². The van der Waals surface area contributed by atoms with E-state index in [-0.39, 0.29) is 47.0 Å². The van der Waals surface area contributed by atoms with E-state index in [0.717, 1.165) is 25.5 Å². The Bertz CT molecular complexity index is 1210. The number of amides is 1. The Kier molecular flexibility index (Phi) is 16.9. The van der Waals surface area contributed by atoms with Gasteiger partial charge in [0.2, 0.25) is 11.6 Å². The third-order valence-electron chi connectivity index (χ3n) is 8.68. The summed E-state index contributed by atoms with van der Waals surface area (Å²) in [6, 6.07) is 0. The van der Waals surface area contributed by atoms with Gasteiger partial charge in [-0.3, -0.25) is 14.4 Å². The largest absolute Gasteiger partial charge is 0.472 e. The van der Waals surface area contributed by atoms with Crippen molar-refractivity contribution in [3.8, 4) is 0 Å². The predicted molar refractivity (Wildman–Crippen MR) is 182 cm³/mol. The first-order valence-electron chi connectivity index (χ1n) is 16.0.